The third kappa shape index (κ3) is 16.1. The third-order valence-corrected chi connectivity index (χ3v) is 17.5. The Morgan fingerprint density at radius 3 is 1.55 bits per heavy atom. The number of quaternary nitrogens is 1. The minimum absolute atomic E-state index is 0. The number of aliphatic hydroxyl groups excluding tert-OH is 1. The number of aliphatic hydroxyl groups is 2. The van der Waals surface area contributed by atoms with E-state index in [1.165, 1.54) is 185 Å². The number of halogens is 1. The van der Waals surface area contributed by atoms with Crippen LogP contribution in [0.4, 0.5) is 0 Å². The van der Waals surface area contributed by atoms with Gasteiger partial charge in [0.15, 0.2) is 5.78 Å². The summed E-state index contributed by atoms with van der Waals surface area (Å²) in [6.45, 7) is 12.8. The van der Waals surface area contributed by atoms with Gasteiger partial charge in [0.05, 0.1) is 39.3 Å². The van der Waals surface area contributed by atoms with Crippen molar-refractivity contribution < 1.29 is 36.7 Å². The first kappa shape index (κ1) is 55.4. The van der Waals surface area contributed by atoms with Crippen molar-refractivity contribution in [1.82, 2.24) is 5.32 Å². The SMILES string of the molecule is CCCCCCCCCCCCCCCC[N+](C)(CCCCCCCCCCCCCCCC)CCNC(=O)[C@@]1(O)CC[C@H]2[C@@H]3CCC4=CC(=O)CC[C@]4(C)[C@H]3[C@@H](O)C[C@@]21C.[Cl-]. The van der Waals surface area contributed by atoms with Gasteiger partial charge in [-0.05, 0) is 93.5 Å². The van der Waals surface area contributed by atoms with Gasteiger partial charge in [-0.3, -0.25) is 9.59 Å². The van der Waals surface area contributed by atoms with Crippen LogP contribution in [-0.4, -0.2) is 71.3 Å². The number of allylic oxidation sites excluding steroid dienone is 1. The van der Waals surface area contributed by atoms with Gasteiger partial charge in [0.25, 0.3) is 5.91 Å². The molecule has 1 amide bonds. The molecule has 0 radical (unpaired) electrons. The third-order valence-electron chi connectivity index (χ3n) is 17.5. The van der Waals surface area contributed by atoms with E-state index in [9.17, 15) is 19.8 Å². The number of hydrogen-bond donors (Lipinski definition) is 3. The second-order valence-corrected chi connectivity index (χ2v) is 22.2. The molecule has 7 heteroatoms. The number of rotatable bonds is 34. The zero-order chi connectivity index (χ0) is 44.0. The van der Waals surface area contributed by atoms with Gasteiger partial charge in [-0.25, -0.2) is 0 Å². The first-order valence-electron chi connectivity index (χ1n) is 27.2. The predicted octanol–water partition coefficient (Wildman–Crippen LogP) is 10.7. The van der Waals surface area contributed by atoms with Crippen molar-refractivity contribution in [3.05, 3.63) is 11.6 Å². The molecule has 0 saturated heterocycles. The van der Waals surface area contributed by atoms with Crippen molar-refractivity contribution in [2.45, 2.75) is 264 Å². The average Bonchev–Trinajstić information content (AvgIpc) is 3.51. The zero-order valence-electron chi connectivity index (χ0n) is 41.5. The number of fused-ring (bicyclic) bond motifs is 5. The quantitative estimate of drug-likeness (QED) is 0.0444. The Balaban J connectivity index is 0.0000102. The molecule has 0 spiro atoms. The molecule has 3 fully saturated rings. The highest BCUT2D eigenvalue weighted by Crippen LogP contribution is 2.67. The van der Waals surface area contributed by atoms with Crippen LogP contribution in [0.15, 0.2) is 11.6 Å². The van der Waals surface area contributed by atoms with Crippen molar-refractivity contribution in [1.29, 1.82) is 0 Å². The van der Waals surface area contributed by atoms with E-state index in [1.54, 1.807) is 0 Å². The zero-order valence-corrected chi connectivity index (χ0v) is 42.3. The van der Waals surface area contributed by atoms with E-state index < -0.39 is 17.1 Å². The van der Waals surface area contributed by atoms with Crippen LogP contribution in [0.5, 0.6) is 0 Å². The molecule has 6 nitrogen and oxygen atoms in total. The molecule has 0 unspecified atom stereocenters. The summed E-state index contributed by atoms with van der Waals surface area (Å²) in [7, 11) is 2.42. The van der Waals surface area contributed by atoms with Crippen LogP contribution in [0.3, 0.4) is 0 Å². The smallest absolute Gasteiger partial charge is 0.252 e. The minimum Gasteiger partial charge on any atom is -1.00 e. The molecule has 0 aromatic heterocycles. The molecule has 0 aliphatic heterocycles. The highest BCUT2D eigenvalue weighted by molar-refractivity contribution is 5.91. The van der Waals surface area contributed by atoms with Crippen molar-refractivity contribution >= 4 is 11.7 Å². The van der Waals surface area contributed by atoms with Gasteiger partial charge in [0.2, 0.25) is 0 Å². The number of amides is 1. The lowest BCUT2D eigenvalue weighted by molar-refractivity contribution is -0.908. The number of nitrogens with zero attached hydrogens (tertiary/aromatic N) is 1. The summed E-state index contributed by atoms with van der Waals surface area (Å²) in [6.07, 6.45) is 44.8. The van der Waals surface area contributed by atoms with Crippen LogP contribution in [-0.2, 0) is 9.59 Å². The highest BCUT2D eigenvalue weighted by Gasteiger charge is 2.68. The second-order valence-electron chi connectivity index (χ2n) is 22.2. The Morgan fingerprint density at radius 2 is 1.10 bits per heavy atom. The van der Waals surface area contributed by atoms with E-state index in [-0.39, 0.29) is 47.3 Å². The van der Waals surface area contributed by atoms with E-state index >= 15 is 0 Å². The number of ketones is 1. The Morgan fingerprint density at radius 1 is 0.661 bits per heavy atom. The molecule has 0 aromatic rings. The van der Waals surface area contributed by atoms with Crippen LogP contribution >= 0.6 is 0 Å². The molecule has 4 rings (SSSR count). The monoisotopic (exact) mass is 889 g/mol. The molecule has 362 valence electrons. The fourth-order valence-electron chi connectivity index (χ4n) is 13.4. The van der Waals surface area contributed by atoms with E-state index in [2.05, 4.69) is 40.1 Å². The number of hydrogen-bond acceptors (Lipinski definition) is 4. The lowest BCUT2D eigenvalue weighted by atomic mass is 9.45. The molecule has 4 aliphatic carbocycles. The Bertz CT molecular complexity index is 1260. The number of nitrogens with one attached hydrogen (secondary N) is 1. The van der Waals surface area contributed by atoms with E-state index in [0.29, 0.717) is 25.8 Å². The average molecular weight is 890 g/mol. The molecule has 4 aliphatic rings. The molecule has 3 saturated carbocycles. The Kier molecular flexibility index (Phi) is 25.9. The maximum atomic E-state index is 14.2. The van der Waals surface area contributed by atoms with E-state index in [0.717, 1.165) is 49.8 Å². The van der Waals surface area contributed by atoms with Gasteiger partial charge in [0, 0.05) is 11.8 Å². The highest BCUT2D eigenvalue weighted by atomic mass is 35.5. The van der Waals surface area contributed by atoms with Crippen LogP contribution in [0.2, 0.25) is 0 Å². The van der Waals surface area contributed by atoms with Crippen LogP contribution in [0, 0.1) is 28.6 Å². The van der Waals surface area contributed by atoms with Crippen LogP contribution in [0.1, 0.15) is 252 Å². The van der Waals surface area contributed by atoms with E-state index in [1.807, 2.05) is 6.08 Å². The predicted molar refractivity (Wildman–Crippen MR) is 257 cm³/mol. The number of unbranched alkanes of at least 4 members (excludes halogenated alkanes) is 26. The summed E-state index contributed by atoms with van der Waals surface area (Å²) in [6, 6.07) is 0. The summed E-state index contributed by atoms with van der Waals surface area (Å²) in [5.41, 5.74) is -1.05. The van der Waals surface area contributed by atoms with Crippen molar-refractivity contribution in [3.63, 3.8) is 0 Å². The largest absolute Gasteiger partial charge is 1.00 e. The number of likely N-dealkylation sites (N-methyl/N-ethyl adjacent to an activating group) is 1. The topological polar surface area (TPSA) is 86.6 Å². The molecule has 0 aromatic carbocycles. The van der Waals surface area contributed by atoms with Crippen molar-refractivity contribution in [2.24, 2.45) is 28.6 Å². The molecule has 3 N–H and O–H groups in total. The maximum absolute atomic E-state index is 14.2. The normalized spacial score (nSPS) is 28.2. The molecular weight excluding hydrogens is 788 g/mol. The molecule has 0 bridgehead atoms. The first-order valence-corrected chi connectivity index (χ1v) is 27.2. The molecule has 7 atom stereocenters. The summed E-state index contributed by atoms with van der Waals surface area (Å²) in [4.78, 5) is 26.6. The fourth-order valence-corrected chi connectivity index (χ4v) is 13.4. The van der Waals surface area contributed by atoms with Gasteiger partial charge < -0.3 is 32.4 Å². The molecule has 0 heterocycles. The summed E-state index contributed by atoms with van der Waals surface area (Å²) < 4.78 is 0.995. The van der Waals surface area contributed by atoms with Crippen molar-refractivity contribution in [2.75, 3.05) is 33.2 Å². The fraction of sp³-hybridized carbons (Fsp3) is 0.927. The summed E-state index contributed by atoms with van der Waals surface area (Å²) >= 11 is 0. The van der Waals surface area contributed by atoms with Gasteiger partial charge in [-0.2, -0.15) is 0 Å². The van der Waals surface area contributed by atoms with Crippen molar-refractivity contribution in [3.8, 4) is 0 Å². The molecule has 62 heavy (non-hydrogen) atoms. The first-order chi connectivity index (χ1) is 29.4. The Hall–Kier alpha value is -0.950. The lowest BCUT2D eigenvalue weighted by Crippen LogP contribution is -3.00. The number of carbonyl (C=O) groups is 2. The lowest BCUT2D eigenvalue weighted by Gasteiger charge is -2.60. The van der Waals surface area contributed by atoms with E-state index in [4.69, 9.17) is 0 Å². The van der Waals surface area contributed by atoms with Crippen LogP contribution < -0.4 is 17.7 Å². The summed E-state index contributed by atoms with van der Waals surface area (Å²) in [5, 5.41) is 27.6. The minimum atomic E-state index is -1.46. The number of carbonyl (C=O) groups excluding carboxylic acids is 2. The Labute approximate surface area is 389 Å². The molecular formula is C55H101ClN2O4. The summed E-state index contributed by atoms with van der Waals surface area (Å²) in [5.74, 6) is 0.567. The van der Waals surface area contributed by atoms with Crippen LogP contribution in [0.25, 0.3) is 0 Å². The van der Waals surface area contributed by atoms with Gasteiger partial charge in [-0.15, -0.1) is 0 Å². The van der Waals surface area contributed by atoms with Gasteiger partial charge in [-0.1, -0.05) is 187 Å². The maximum Gasteiger partial charge on any atom is 0.252 e. The standard InChI is InChI=1S/C55H100N2O4.ClH/c1-6-8-10-12-14-16-18-20-22-24-26-28-30-32-41-57(5,42-33-31-29-27-25-23-21-19-17-15-13-11-9-7-2)43-40-56-52(60)55(61)39-37-49-48-35-34-46-44-47(58)36-38-53(46,3)51(48)50(59)45-54(49,55)4;/h44,48-51,59,61H,6-43,45H2,1-5H3;1H/t48-,49-,50-,51+,53-,54-,55-;/m0./s1. The second kappa shape index (κ2) is 28.9. The van der Waals surface area contributed by atoms with Gasteiger partial charge in [0.1, 0.15) is 5.60 Å². The van der Waals surface area contributed by atoms with Gasteiger partial charge >= 0.3 is 0 Å².